The van der Waals surface area contributed by atoms with Gasteiger partial charge in [0, 0.05) is 0 Å². The molecule has 4 heteroatoms. The molecular formula is C10H14N2OS. The van der Waals surface area contributed by atoms with Crippen molar-refractivity contribution in [3.63, 3.8) is 0 Å². The van der Waals surface area contributed by atoms with Gasteiger partial charge < -0.3 is 5.32 Å². The van der Waals surface area contributed by atoms with Crippen LogP contribution in [0.2, 0.25) is 0 Å². The predicted octanol–water partition coefficient (Wildman–Crippen LogP) is 1.45. The van der Waals surface area contributed by atoms with E-state index in [1.54, 1.807) is 0 Å². The number of nitrogens with one attached hydrogen (secondary N) is 2. The maximum Gasteiger partial charge on any atom is 0.273 e. The van der Waals surface area contributed by atoms with Crippen LogP contribution in [-0.2, 0) is 4.79 Å². The van der Waals surface area contributed by atoms with Gasteiger partial charge >= 0.3 is 0 Å². The molecule has 0 spiro atoms. The monoisotopic (exact) mass is 210 g/mol. The molecule has 1 unspecified atom stereocenters. The van der Waals surface area contributed by atoms with Gasteiger partial charge in [-0.15, -0.1) is 0 Å². The zero-order valence-electron chi connectivity index (χ0n) is 8.22. The molecule has 0 bridgehead atoms. The lowest BCUT2D eigenvalue weighted by Gasteiger charge is -2.21. The van der Waals surface area contributed by atoms with Crippen LogP contribution in [-0.4, -0.2) is 11.0 Å². The molecule has 2 aliphatic rings. The maximum absolute atomic E-state index is 11.5. The topological polar surface area (TPSA) is 41.1 Å². The van der Waals surface area contributed by atoms with Crippen molar-refractivity contribution < 1.29 is 4.79 Å². The highest BCUT2D eigenvalue weighted by atomic mass is 32.1. The molecule has 1 saturated heterocycles. The second kappa shape index (κ2) is 3.69. The summed E-state index contributed by atoms with van der Waals surface area (Å²) in [5.41, 5.74) is 1.95. The Morgan fingerprint density at radius 3 is 2.79 bits per heavy atom. The smallest absolute Gasteiger partial charge is 0.273 e. The highest BCUT2D eigenvalue weighted by molar-refractivity contribution is 7.80. The highest BCUT2D eigenvalue weighted by Gasteiger charge is 2.26. The Morgan fingerprint density at radius 2 is 2.21 bits per heavy atom. The Morgan fingerprint density at radius 1 is 1.43 bits per heavy atom. The van der Waals surface area contributed by atoms with Crippen LogP contribution in [0.3, 0.4) is 0 Å². The van der Waals surface area contributed by atoms with E-state index in [9.17, 15) is 4.79 Å². The van der Waals surface area contributed by atoms with Gasteiger partial charge in [0.2, 0.25) is 0 Å². The molecule has 76 valence electrons. The molecule has 1 aliphatic carbocycles. The lowest BCUT2D eigenvalue weighted by atomic mass is 9.86. The summed E-state index contributed by atoms with van der Waals surface area (Å²) in [6.45, 7) is 2.23. The van der Waals surface area contributed by atoms with Gasteiger partial charge in [0.1, 0.15) is 5.70 Å². The van der Waals surface area contributed by atoms with Gasteiger partial charge in [-0.2, -0.15) is 0 Å². The Balaban J connectivity index is 2.21. The molecular weight excluding hydrogens is 196 g/mol. The van der Waals surface area contributed by atoms with Crippen LogP contribution in [0.5, 0.6) is 0 Å². The number of thiocarbonyl (C=S) groups is 1. The summed E-state index contributed by atoms with van der Waals surface area (Å²) in [5.74, 6) is 0.633. The van der Waals surface area contributed by atoms with E-state index in [2.05, 4.69) is 17.6 Å². The minimum Gasteiger partial charge on any atom is -0.328 e. The summed E-state index contributed by atoms with van der Waals surface area (Å²) in [5, 5.41) is 5.99. The van der Waals surface area contributed by atoms with E-state index in [4.69, 9.17) is 12.2 Å². The van der Waals surface area contributed by atoms with Crippen LogP contribution in [0.15, 0.2) is 11.3 Å². The Hall–Kier alpha value is -0.900. The number of hydrogen-bond acceptors (Lipinski definition) is 2. The third kappa shape index (κ3) is 1.80. The van der Waals surface area contributed by atoms with Crippen LogP contribution in [0, 0.1) is 5.92 Å². The largest absolute Gasteiger partial charge is 0.328 e. The summed E-state index contributed by atoms with van der Waals surface area (Å²) in [6.07, 6.45) is 4.51. The van der Waals surface area contributed by atoms with Crippen molar-refractivity contribution in [3.05, 3.63) is 11.3 Å². The fourth-order valence-electron chi connectivity index (χ4n) is 2.13. The molecule has 2 N–H and O–H groups in total. The molecule has 2 rings (SSSR count). The lowest BCUT2D eigenvalue weighted by Crippen LogP contribution is -2.21. The van der Waals surface area contributed by atoms with Crippen molar-refractivity contribution in [2.45, 2.75) is 32.6 Å². The molecule has 1 aliphatic heterocycles. The highest BCUT2D eigenvalue weighted by Crippen LogP contribution is 2.30. The first-order valence-electron chi connectivity index (χ1n) is 5.01. The van der Waals surface area contributed by atoms with Gasteiger partial charge in [-0.1, -0.05) is 13.3 Å². The fourth-order valence-corrected chi connectivity index (χ4v) is 2.33. The maximum atomic E-state index is 11.5. The van der Waals surface area contributed by atoms with Crippen LogP contribution in [0.25, 0.3) is 0 Å². The van der Waals surface area contributed by atoms with Crippen LogP contribution >= 0.6 is 12.2 Å². The summed E-state index contributed by atoms with van der Waals surface area (Å²) >= 11 is 4.89. The SMILES string of the molecule is CC1CCCC(=C2NC(=S)NC2=O)C1. The van der Waals surface area contributed by atoms with E-state index >= 15 is 0 Å². The van der Waals surface area contributed by atoms with Crippen LogP contribution in [0.4, 0.5) is 0 Å². The van der Waals surface area contributed by atoms with Gasteiger partial charge in [0.05, 0.1) is 0 Å². The van der Waals surface area contributed by atoms with E-state index in [0.717, 1.165) is 12.8 Å². The third-order valence-electron chi connectivity index (χ3n) is 2.82. The van der Waals surface area contributed by atoms with E-state index in [1.807, 2.05) is 0 Å². The van der Waals surface area contributed by atoms with Crippen molar-refractivity contribution in [2.24, 2.45) is 5.92 Å². The van der Waals surface area contributed by atoms with Crippen molar-refractivity contribution in [1.82, 2.24) is 10.6 Å². The normalized spacial score (nSPS) is 32.8. The second-order valence-corrected chi connectivity index (χ2v) is 4.50. The average Bonchev–Trinajstić information content (AvgIpc) is 2.45. The number of carbonyl (C=O) groups excluding carboxylic acids is 1. The average molecular weight is 210 g/mol. The van der Waals surface area contributed by atoms with E-state index < -0.39 is 0 Å². The summed E-state index contributed by atoms with van der Waals surface area (Å²) in [6, 6.07) is 0. The summed E-state index contributed by atoms with van der Waals surface area (Å²) < 4.78 is 0. The summed E-state index contributed by atoms with van der Waals surface area (Å²) in [7, 11) is 0. The quantitative estimate of drug-likeness (QED) is 0.470. The van der Waals surface area contributed by atoms with E-state index in [-0.39, 0.29) is 5.91 Å². The van der Waals surface area contributed by atoms with Crippen molar-refractivity contribution in [3.8, 4) is 0 Å². The van der Waals surface area contributed by atoms with Crippen molar-refractivity contribution in [2.75, 3.05) is 0 Å². The van der Waals surface area contributed by atoms with Crippen molar-refractivity contribution in [1.29, 1.82) is 0 Å². The van der Waals surface area contributed by atoms with Gasteiger partial charge in [-0.3, -0.25) is 10.1 Å². The zero-order valence-corrected chi connectivity index (χ0v) is 9.04. The Kier molecular flexibility index (Phi) is 2.54. The molecule has 0 radical (unpaired) electrons. The molecule has 1 atom stereocenters. The first-order chi connectivity index (χ1) is 6.66. The van der Waals surface area contributed by atoms with Gasteiger partial charge in [-0.25, -0.2) is 0 Å². The number of allylic oxidation sites excluding steroid dienone is 1. The second-order valence-electron chi connectivity index (χ2n) is 4.09. The first-order valence-corrected chi connectivity index (χ1v) is 5.42. The number of carbonyl (C=O) groups is 1. The summed E-state index contributed by atoms with van der Waals surface area (Å²) in [4.78, 5) is 11.5. The zero-order chi connectivity index (χ0) is 10.1. The molecule has 0 aromatic carbocycles. The van der Waals surface area contributed by atoms with E-state index in [0.29, 0.717) is 16.7 Å². The van der Waals surface area contributed by atoms with Gasteiger partial charge in [-0.05, 0) is 43.0 Å². The molecule has 14 heavy (non-hydrogen) atoms. The molecule has 1 saturated carbocycles. The Bertz CT molecular complexity index is 322. The van der Waals surface area contributed by atoms with Crippen molar-refractivity contribution >= 4 is 23.2 Å². The molecule has 2 fully saturated rings. The minimum atomic E-state index is -0.0564. The molecule has 0 aromatic rings. The predicted molar refractivity (Wildman–Crippen MR) is 58.5 cm³/mol. The minimum absolute atomic E-state index is 0.0564. The number of hydrogen-bond donors (Lipinski definition) is 2. The molecule has 1 heterocycles. The molecule has 3 nitrogen and oxygen atoms in total. The standard InChI is InChI=1S/C10H14N2OS/c1-6-3-2-4-7(5-6)8-9(13)12-10(14)11-8/h6H,2-5H2,1H3,(H2,11,12,13,14). The Labute approximate surface area is 88.9 Å². The number of rotatable bonds is 0. The van der Waals surface area contributed by atoms with Gasteiger partial charge in [0.15, 0.2) is 5.11 Å². The molecule has 0 aromatic heterocycles. The number of amides is 1. The van der Waals surface area contributed by atoms with Crippen LogP contribution < -0.4 is 10.6 Å². The van der Waals surface area contributed by atoms with Crippen LogP contribution in [0.1, 0.15) is 32.6 Å². The molecule has 1 amide bonds. The van der Waals surface area contributed by atoms with E-state index in [1.165, 1.54) is 18.4 Å². The fraction of sp³-hybridized carbons (Fsp3) is 0.600. The van der Waals surface area contributed by atoms with Gasteiger partial charge in [0.25, 0.3) is 5.91 Å². The third-order valence-corrected chi connectivity index (χ3v) is 3.02. The lowest BCUT2D eigenvalue weighted by molar-refractivity contribution is -0.115. The first kappa shape index (κ1) is 9.65.